The van der Waals surface area contributed by atoms with Crippen LogP contribution in [-0.4, -0.2) is 44.7 Å². The third-order valence-corrected chi connectivity index (χ3v) is 8.81. The zero-order valence-electron chi connectivity index (χ0n) is 24.5. The molecule has 1 atom stereocenters. The molecule has 9 nitrogen and oxygen atoms in total. The minimum absolute atomic E-state index is 0.0737. The Morgan fingerprint density at radius 3 is 2.43 bits per heavy atom. The summed E-state index contributed by atoms with van der Waals surface area (Å²) in [5.41, 5.74) is 1.73. The van der Waals surface area contributed by atoms with Gasteiger partial charge in [0.25, 0.3) is 11.8 Å². The molecule has 3 amide bonds. The number of anilines is 2. The monoisotopic (exact) mass is 647 g/mol. The summed E-state index contributed by atoms with van der Waals surface area (Å²) < 4.78 is 9.76. The summed E-state index contributed by atoms with van der Waals surface area (Å²) in [5.74, 6) is 0.492. The summed E-state index contributed by atoms with van der Waals surface area (Å²) >= 11 is 4.07. The average Bonchev–Trinajstić information content (AvgIpc) is 3.47. The highest BCUT2D eigenvalue weighted by Gasteiger charge is 2.21. The normalized spacial score (nSPS) is 11.8. The summed E-state index contributed by atoms with van der Waals surface area (Å²) in [6.07, 6.45) is 2.20. The first-order chi connectivity index (χ1) is 21.4. The van der Waals surface area contributed by atoms with Gasteiger partial charge in [0, 0.05) is 27.7 Å². The van der Waals surface area contributed by atoms with Crippen LogP contribution in [0.1, 0.15) is 43.1 Å². The first-order valence-electron chi connectivity index (χ1n) is 14.0. The van der Waals surface area contributed by atoms with Crippen molar-refractivity contribution in [3.8, 4) is 5.75 Å². The van der Waals surface area contributed by atoms with Gasteiger partial charge in [0.15, 0.2) is 0 Å². The molecule has 0 spiro atoms. The Kier molecular flexibility index (Phi) is 12.4. The molecule has 0 aliphatic carbocycles. The molecule has 0 saturated carbocycles. The van der Waals surface area contributed by atoms with Gasteiger partial charge in [-0.05, 0) is 73.2 Å². The van der Waals surface area contributed by atoms with Gasteiger partial charge < -0.3 is 15.4 Å². The van der Waals surface area contributed by atoms with Crippen LogP contribution in [0.15, 0.2) is 94.6 Å². The molecule has 0 bridgehead atoms. The Hall–Kier alpha value is -4.13. The van der Waals surface area contributed by atoms with Crippen molar-refractivity contribution in [2.75, 3.05) is 23.0 Å². The molecule has 228 valence electrons. The van der Waals surface area contributed by atoms with Crippen molar-refractivity contribution in [1.82, 2.24) is 14.7 Å². The molecule has 4 rings (SSSR count). The van der Waals surface area contributed by atoms with Gasteiger partial charge in [0.1, 0.15) is 11.4 Å². The van der Waals surface area contributed by atoms with Gasteiger partial charge in [-0.3, -0.25) is 19.7 Å². The quantitative estimate of drug-likeness (QED) is 0.0991. The summed E-state index contributed by atoms with van der Waals surface area (Å²) in [6.45, 7) is 6.40. The highest BCUT2D eigenvalue weighted by molar-refractivity contribution is 8.00. The number of rotatable bonds is 14. The number of carbonyl (C=O) groups excluding carboxylic acids is 3. The molecule has 1 heterocycles. The molecule has 1 aromatic heterocycles. The van der Waals surface area contributed by atoms with E-state index < -0.39 is 11.8 Å². The van der Waals surface area contributed by atoms with Gasteiger partial charge in [-0.15, -0.1) is 11.8 Å². The maximum absolute atomic E-state index is 13.5. The number of thioether (sulfide) groups is 2. The minimum Gasteiger partial charge on any atom is -0.494 e. The molecule has 44 heavy (non-hydrogen) atoms. The van der Waals surface area contributed by atoms with Crippen LogP contribution in [0.4, 0.5) is 10.8 Å². The standard InChI is InChI=1S/C32H33N5O4S3/c1-4-27(30(40)35-31-36-32(37-44-31)42-6-3)43-25-14-10-13-23(20-25)33-29(39)26(34-28(38)22-11-8-7-9-12-22)19-21-15-17-24(18-16-21)41-5-2/h7-20,27H,4-6H2,1-3H3,(H,33,39)(H,34,38)(H,35,36,37,40)/b26-19+. The van der Waals surface area contributed by atoms with Gasteiger partial charge in [0.05, 0.1) is 11.9 Å². The van der Waals surface area contributed by atoms with Crippen LogP contribution < -0.4 is 20.7 Å². The van der Waals surface area contributed by atoms with E-state index in [2.05, 4.69) is 25.3 Å². The number of carbonyl (C=O) groups is 3. The Morgan fingerprint density at radius 2 is 1.73 bits per heavy atom. The molecule has 0 radical (unpaired) electrons. The van der Waals surface area contributed by atoms with Crippen LogP contribution in [0.2, 0.25) is 0 Å². The zero-order valence-corrected chi connectivity index (χ0v) is 27.0. The van der Waals surface area contributed by atoms with E-state index >= 15 is 0 Å². The highest BCUT2D eigenvalue weighted by Crippen LogP contribution is 2.29. The van der Waals surface area contributed by atoms with Crippen molar-refractivity contribution in [3.05, 3.63) is 95.7 Å². The lowest BCUT2D eigenvalue weighted by Gasteiger charge is -2.15. The zero-order chi connectivity index (χ0) is 31.3. The number of hydrogen-bond acceptors (Lipinski definition) is 9. The van der Waals surface area contributed by atoms with E-state index in [0.29, 0.717) is 45.9 Å². The third-order valence-electron chi connectivity index (χ3n) is 5.98. The molecule has 0 saturated heterocycles. The second-order valence-electron chi connectivity index (χ2n) is 9.18. The summed E-state index contributed by atoms with van der Waals surface area (Å²) in [5, 5.41) is 9.24. The van der Waals surface area contributed by atoms with Gasteiger partial charge >= 0.3 is 0 Å². The first kappa shape index (κ1) is 32.8. The fraction of sp³-hybridized carbons (Fsp3) is 0.219. The average molecular weight is 648 g/mol. The second kappa shape index (κ2) is 16.6. The highest BCUT2D eigenvalue weighted by atomic mass is 32.2. The third kappa shape index (κ3) is 9.69. The molecule has 3 N–H and O–H groups in total. The van der Waals surface area contributed by atoms with Crippen molar-refractivity contribution in [3.63, 3.8) is 0 Å². The van der Waals surface area contributed by atoms with Crippen LogP contribution in [0, 0.1) is 0 Å². The maximum atomic E-state index is 13.5. The number of ether oxygens (including phenoxy) is 1. The molecule has 3 aromatic carbocycles. The van der Waals surface area contributed by atoms with Gasteiger partial charge in [0.2, 0.25) is 16.2 Å². The smallest absolute Gasteiger partial charge is 0.272 e. The van der Waals surface area contributed by atoms with Crippen molar-refractivity contribution in [2.24, 2.45) is 0 Å². The minimum atomic E-state index is -0.493. The summed E-state index contributed by atoms with van der Waals surface area (Å²) in [4.78, 5) is 44.6. The fourth-order valence-electron chi connectivity index (χ4n) is 3.90. The van der Waals surface area contributed by atoms with Crippen molar-refractivity contribution >= 4 is 69.7 Å². The molecule has 0 aliphatic heterocycles. The molecule has 0 aliphatic rings. The van der Waals surface area contributed by atoms with E-state index in [1.54, 1.807) is 60.7 Å². The number of nitrogens with zero attached hydrogens (tertiary/aromatic N) is 2. The number of benzene rings is 3. The molecule has 0 fully saturated rings. The lowest BCUT2D eigenvalue weighted by Crippen LogP contribution is -2.30. The first-order valence-corrected chi connectivity index (χ1v) is 16.7. The number of aromatic nitrogens is 2. The fourth-order valence-corrected chi connectivity index (χ4v) is 6.19. The van der Waals surface area contributed by atoms with Crippen LogP contribution in [-0.2, 0) is 9.59 Å². The number of nitrogens with one attached hydrogen (secondary N) is 3. The number of hydrogen-bond donors (Lipinski definition) is 3. The van der Waals surface area contributed by atoms with Gasteiger partial charge in [-0.25, -0.2) is 0 Å². The van der Waals surface area contributed by atoms with Crippen LogP contribution >= 0.6 is 35.1 Å². The van der Waals surface area contributed by atoms with E-state index in [4.69, 9.17) is 4.74 Å². The van der Waals surface area contributed by atoms with Crippen LogP contribution in [0.5, 0.6) is 5.75 Å². The molecular formula is C32H33N5O4S3. The Labute approximate surface area is 269 Å². The van der Waals surface area contributed by atoms with Crippen molar-refractivity contribution in [1.29, 1.82) is 0 Å². The Bertz CT molecular complexity index is 1590. The SMILES string of the molecule is CCOc1ccc(/C=C(/NC(=O)c2ccccc2)C(=O)Nc2cccc(SC(CC)C(=O)Nc3nc(SCC)ns3)c2)cc1. The Morgan fingerprint density at radius 1 is 0.955 bits per heavy atom. The predicted molar refractivity (Wildman–Crippen MR) is 179 cm³/mol. The summed E-state index contributed by atoms with van der Waals surface area (Å²) in [7, 11) is 0. The molecular weight excluding hydrogens is 615 g/mol. The Balaban J connectivity index is 1.48. The summed E-state index contributed by atoms with van der Waals surface area (Å²) in [6, 6.07) is 23.2. The lowest BCUT2D eigenvalue weighted by atomic mass is 10.1. The largest absolute Gasteiger partial charge is 0.494 e. The topological polar surface area (TPSA) is 122 Å². The molecule has 12 heteroatoms. The predicted octanol–water partition coefficient (Wildman–Crippen LogP) is 6.97. The van der Waals surface area contributed by atoms with Crippen LogP contribution in [0.25, 0.3) is 6.08 Å². The number of amides is 3. The maximum Gasteiger partial charge on any atom is 0.272 e. The van der Waals surface area contributed by atoms with E-state index in [-0.39, 0.29) is 16.9 Å². The van der Waals surface area contributed by atoms with Crippen molar-refractivity contribution in [2.45, 2.75) is 42.5 Å². The second-order valence-corrected chi connectivity index (χ2v) is 12.4. The van der Waals surface area contributed by atoms with E-state index in [1.807, 2.05) is 45.0 Å². The van der Waals surface area contributed by atoms with E-state index in [9.17, 15) is 14.4 Å². The lowest BCUT2D eigenvalue weighted by molar-refractivity contribution is -0.116. The van der Waals surface area contributed by atoms with E-state index in [0.717, 1.165) is 22.2 Å². The van der Waals surface area contributed by atoms with E-state index in [1.165, 1.54) is 23.5 Å². The van der Waals surface area contributed by atoms with Crippen molar-refractivity contribution < 1.29 is 19.1 Å². The molecule has 4 aromatic rings. The van der Waals surface area contributed by atoms with Crippen LogP contribution in [0.3, 0.4) is 0 Å². The van der Waals surface area contributed by atoms with Gasteiger partial charge in [-0.1, -0.05) is 62.0 Å². The molecule has 1 unspecified atom stereocenters. The van der Waals surface area contributed by atoms with Gasteiger partial charge in [-0.2, -0.15) is 9.36 Å².